The van der Waals surface area contributed by atoms with Gasteiger partial charge in [-0.15, -0.1) is 0 Å². The van der Waals surface area contributed by atoms with E-state index < -0.39 is 28.5 Å². The van der Waals surface area contributed by atoms with Gasteiger partial charge in [0.2, 0.25) is 21.8 Å². The third-order valence-electron chi connectivity index (χ3n) is 7.44. The summed E-state index contributed by atoms with van der Waals surface area (Å²) in [7, 11) is -3.88. The van der Waals surface area contributed by atoms with Crippen LogP contribution in [0, 0.1) is 12.8 Å². The average molecular weight is 642 g/mol. The van der Waals surface area contributed by atoms with Crippen molar-refractivity contribution in [3.05, 3.63) is 131 Å². The monoisotopic (exact) mass is 641 g/mol. The highest BCUT2D eigenvalue weighted by Crippen LogP contribution is 2.24. The van der Waals surface area contributed by atoms with Crippen LogP contribution in [0.2, 0.25) is 0 Å². The Morgan fingerprint density at radius 1 is 0.804 bits per heavy atom. The summed E-state index contributed by atoms with van der Waals surface area (Å²) in [5, 5.41) is 3.00. The number of ether oxygens (including phenoxy) is 1. The second-order valence-corrected chi connectivity index (χ2v) is 13.8. The Labute approximate surface area is 273 Å². The molecule has 8 nitrogen and oxygen atoms in total. The molecule has 242 valence electrons. The van der Waals surface area contributed by atoms with Crippen LogP contribution >= 0.6 is 0 Å². The minimum atomic E-state index is -3.88. The first kappa shape index (κ1) is 34.2. The van der Waals surface area contributed by atoms with E-state index in [2.05, 4.69) is 5.32 Å². The fourth-order valence-electron chi connectivity index (χ4n) is 5.05. The number of carbonyl (C=O) groups excluding carboxylic acids is 2. The molecule has 0 bridgehead atoms. The summed E-state index contributed by atoms with van der Waals surface area (Å²) >= 11 is 0. The zero-order valence-corrected chi connectivity index (χ0v) is 27.7. The molecule has 0 saturated carbocycles. The maximum absolute atomic E-state index is 14.3. The number of sulfonamides is 1. The molecule has 0 radical (unpaired) electrons. The van der Waals surface area contributed by atoms with Gasteiger partial charge in [0.15, 0.2) is 0 Å². The number of rotatable bonds is 15. The molecule has 1 atom stereocenters. The Balaban J connectivity index is 1.64. The molecule has 4 aromatic rings. The van der Waals surface area contributed by atoms with Crippen molar-refractivity contribution >= 4 is 27.5 Å². The van der Waals surface area contributed by atoms with Gasteiger partial charge < -0.3 is 15.0 Å². The van der Waals surface area contributed by atoms with Crippen molar-refractivity contribution in [1.82, 2.24) is 10.2 Å². The molecule has 0 aliphatic rings. The van der Waals surface area contributed by atoms with Crippen LogP contribution in [0.5, 0.6) is 5.75 Å². The van der Waals surface area contributed by atoms with Crippen LogP contribution in [0.1, 0.15) is 36.1 Å². The highest BCUT2D eigenvalue weighted by atomic mass is 32.2. The first-order valence-corrected chi connectivity index (χ1v) is 17.3. The lowest BCUT2D eigenvalue weighted by Crippen LogP contribution is -2.53. The number of hydrogen-bond donors (Lipinski definition) is 1. The number of nitrogens with one attached hydrogen (secondary N) is 1. The number of carbonyl (C=O) groups is 2. The van der Waals surface area contributed by atoms with E-state index in [-0.39, 0.29) is 24.8 Å². The van der Waals surface area contributed by atoms with E-state index in [1.54, 1.807) is 24.3 Å². The summed E-state index contributed by atoms with van der Waals surface area (Å²) in [6.07, 6.45) is 1.34. The highest BCUT2D eigenvalue weighted by Gasteiger charge is 2.33. The first-order valence-electron chi connectivity index (χ1n) is 15.4. The maximum atomic E-state index is 14.3. The summed E-state index contributed by atoms with van der Waals surface area (Å²) in [6, 6.07) is 32.7. The molecule has 4 rings (SSSR count). The zero-order chi connectivity index (χ0) is 33.1. The van der Waals surface area contributed by atoms with Gasteiger partial charge in [-0.25, -0.2) is 8.42 Å². The first-order chi connectivity index (χ1) is 22.0. The van der Waals surface area contributed by atoms with Crippen LogP contribution in [-0.2, 0) is 39.2 Å². The number of hydrogen-bond acceptors (Lipinski definition) is 5. The van der Waals surface area contributed by atoms with Gasteiger partial charge in [0.25, 0.3) is 0 Å². The molecule has 46 heavy (non-hydrogen) atoms. The zero-order valence-electron chi connectivity index (χ0n) is 26.9. The molecule has 0 saturated heterocycles. The summed E-state index contributed by atoms with van der Waals surface area (Å²) in [4.78, 5) is 29.5. The van der Waals surface area contributed by atoms with Gasteiger partial charge >= 0.3 is 0 Å². The van der Waals surface area contributed by atoms with Gasteiger partial charge in [-0.1, -0.05) is 104 Å². The fraction of sp³-hybridized carbons (Fsp3) is 0.297. The second-order valence-electron chi connectivity index (χ2n) is 11.9. The predicted molar refractivity (Wildman–Crippen MR) is 183 cm³/mol. The summed E-state index contributed by atoms with van der Waals surface area (Å²) < 4.78 is 33.2. The predicted octanol–water partition coefficient (Wildman–Crippen LogP) is 5.75. The van der Waals surface area contributed by atoms with Crippen LogP contribution in [-0.4, -0.2) is 50.5 Å². The quantitative estimate of drug-likeness (QED) is 0.178. The van der Waals surface area contributed by atoms with Crippen molar-refractivity contribution in [2.24, 2.45) is 5.92 Å². The standard InChI is InChI=1S/C37H43N3O5S/c1-28(2)24-38-37(42)35(23-30-13-7-5-8-14-30)39(25-32-17-11-12-29(3)22-32)36(41)26-40(46(4,43)44)33-18-20-34(21-19-33)45-27-31-15-9-6-10-16-31/h5-22,28,35H,23-27H2,1-4H3,(H,38,42). The normalized spacial score (nSPS) is 11.9. The Kier molecular flexibility index (Phi) is 12.0. The summed E-state index contributed by atoms with van der Waals surface area (Å²) in [6.45, 7) is 6.45. The summed E-state index contributed by atoms with van der Waals surface area (Å²) in [5.74, 6) is 0.00201. The van der Waals surface area contributed by atoms with Crippen molar-refractivity contribution in [2.45, 2.75) is 46.4 Å². The molecule has 4 aromatic carbocycles. The third kappa shape index (κ3) is 10.2. The lowest BCUT2D eigenvalue weighted by molar-refractivity contribution is -0.140. The Bertz CT molecular complexity index is 1680. The SMILES string of the molecule is Cc1cccc(CN(C(=O)CN(c2ccc(OCc3ccccc3)cc2)S(C)(=O)=O)C(Cc2ccccc2)C(=O)NCC(C)C)c1. The topological polar surface area (TPSA) is 96.0 Å². The third-order valence-corrected chi connectivity index (χ3v) is 8.58. The van der Waals surface area contributed by atoms with Crippen molar-refractivity contribution in [2.75, 3.05) is 23.7 Å². The van der Waals surface area contributed by atoms with Crippen molar-refractivity contribution in [3.8, 4) is 5.75 Å². The number of amides is 2. The molecule has 9 heteroatoms. The van der Waals surface area contributed by atoms with Crippen molar-refractivity contribution < 1.29 is 22.7 Å². The van der Waals surface area contributed by atoms with Crippen LogP contribution in [0.15, 0.2) is 109 Å². The molecular formula is C37H43N3O5S. The minimum absolute atomic E-state index is 0.136. The molecule has 0 aliphatic carbocycles. The van der Waals surface area contributed by atoms with Gasteiger partial charge in [0, 0.05) is 19.5 Å². The van der Waals surface area contributed by atoms with Gasteiger partial charge in [-0.2, -0.15) is 0 Å². The van der Waals surface area contributed by atoms with Crippen molar-refractivity contribution in [3.63, 3.8) is 0 Å². The van der Waals surface area contributed by atoms with Crippen LogP contribution < -0.4 is 14.4 Å². The Morgan fingerprint density at radius 3 is 2.00 bits per heavy atom. The van der Waals surface area contributed by atoms with Gasteiger partial charge in [0.05, 0.1) is 11.9 Å². The number of benzene rings is 4. The Morgan fingerprint density at radius 2 is 1.41 bits per heavy atom. The minimum Gasteiger partial charge on any atom is -0.489 e. The Hall–Kier alpha value is -4.63. The van der Waals surface area contributed by atoms with E-state index in [0.29, 0.717) is 24.6 Å². The maximum Gasteiger partial charge on any atom is 0.244 e. The van der Waals surface area contributed by atoms with Gasteiger partial charge in [-0.3, -0.25) is 13.9 Å². The molecule has 0 heterocycles. The van der Waals surface area contributed by atoms with Crippen LogP contribution in [0.25, 0.3) is 0 Å². The molecular weight excluding hydrogens is 598 g/mol. The average Bonchev–Trinajstić information content (AvgIpc) is 3.04. The van der Waals surface area contributed by atoms with E-state index in [1.165, 1.54) is 4.90 Å². The van der Waals surface area contributed by atoms with E-state index in [0.717, 1.165) is 32.8 Å². The number of aryl methyl sites for hydroxylation is 1. The van der Waals surface area contributed by atoms with Crippen LogP contribution in [0.3, 0.4) is 0 Å². The second kappa shape index (κ2) is 16.1. The molecule has 2 amide bonds. The lowest BCUT2D eigenvalue weighted by Gasteiger charge is -2.33. The number of nitrogens with zero attached hydrogens (tertiary/aromatic N) is 2. The largest absolute Gasteiger partial charge is 0.489 e. The van der Waals surface area contributed by atoms with E-state index >= 15 is 0 Å². The molecule has 0 aromatic heterocycles. The van der Waals surface area contributed by atoms with E-state index in [9.17, 15) is 18.0 Å². The highest BCUT2D eigenvalue weighted by molar-refractivity contribution is 7.92. The van der Waals surface area contributed by atoms with E-state index in [4.69, 9.17) is 4.74 Å². The van der Waals surface area contributed by atoms with Gasteiger partial charge in [0.1, 0.15) is 24.9 Å². The fourth-order valence-corrected chi connectivity index (χ4v) is 5.90. The smallest absolute Gasteiger partial charge is 0.244 e. The molecule has 0 spiro atoms. The molecule has 0 fully saturated rings. The van der Waals surface area contributed by atoms with Crippen LogP contribution in [0.4, 0.5) is 5.69 Å². The molecule has 1 unspecified atom stereocenters. The lowest BCUT2D eigenvalue weighted by atomic mass is 10.0. The van der Waals surface area contributed by atoms with Crippen molar-refractivity contribution in [1.29, 1.82) is 0 Å². The molecule has 1 N–H and O–H groups in total. The summed E-state index contributed by atoms with van der Waals surface area (Å²) in [5.41, 5.74) is 4.07. The number of anilines is 1. The molecule has 0 aliphatic heterocycles. The van der Waals surface area contributed by atoms with E-state index in [1.807, 2.05) is 106 Å². The van der Waals surface area contributed by atoms with Gasteiger partial charge in [-0.05, 0) is 53.8 Å².